The van der Waals surface area contributed by atoms with Gasteiger partial charge in [0.05, 0.1) is 0 Å². The van der Waals surface area contributed by atoms with E-state index >= 15 is 0 Å². The molecule has 0 aromatic carbocycles. The number of hydrogen-bond acceptors (Lipinski definition) is 1. The van der Waals surface area contributed by atoms with E-state index in [1.165, 1.54) is 51.4 Å². The van der Waals surface area contributed by atoms with Gasteiger partial charge in [-0.15, -0.1) is 0 Å². The summed E-state index contributed by atoms with van der Waals surface area (Å²) in [5.41, 5.74) is 0. The van der Waals surface area contributed by atoms with Crippen LogP contribution in [0.25, 0.3) is 0 Å². The molecule has 0 aromatic rings. The Balaban J connectivity index is 3.29. The largest absolute Gasteiger partial charge is 0.295 e. The zero-order chi connectivity index (χ0) is 12.8. The minimum absolute atomic E-state index is 0.317. The van der Waals surface area contributed by atoms with Gasteiger partial charge in [-0.2, -0.15) is 0 Å². The van der Waals surface area contributed by atoms with E-state index in [9.17, 15) is 4.79 Å². The van der Waals surface area contributed by atoms with E-state index < -0.39 is 0 Å². The normalized spacial score (nSPS) is 11.2. The zero-order valence-electron chi connectivity index (χ0n) is 11.8. The van der Waals surface area contributed by atoms with Crippen molar-refractivity contribution in [3.63, 3.8) is 0 Å². The molecule has 0 radical (unpaired) electrons. The number of allylic oxidation sites excluding steroid dienone is 2. The zero-order valence-corrected chi connectivity index (χ0v) is 11.8. The molecule has 17 heavy (non-hydrogen) atoms. The van der Waals surface area contributed by atoms with E-state index in [1.54, 1.807) is 6.08 Å². The molecule has 1 heteroatoms. The second kappa shape index (κ2) is 13.5. The molecule has 0 fully saturated rings. The quantitative estimate of drug-likeness (QED) is 0.327. The molecule has 0 aliphatic carbocycles. The number of carbonyl (C=O) groups excluding carboxylic acids is 1. The summed E-state index contributed by atoms with van der Waals surface area (Å²) in [6.45, 7) is 4.43. The van der Waals surface area contributed by atoms with Gasteiger partial charge in [0.15, 0.2) is 5.78 Å². The van der Waals surface area contributed by atoms with Crippen molar-refractivity contribution in [1.82, 2.24) is 0 Å². The maximum absolute atomic E-state index is 11.5. The third-order valence-electron chi connectivity index (χ3n) is 3.05. The lowest BCUT2D eigenvalue weighted by molar-refractivity contribution is -0.114. The summed E-state index contributed by atoms with van der Waals surface area (Å²) in [7, 11) is 0. The molecule has 1 nitrogen and oxygen atoms in total. The predicted octanol–water partition coefficient (Wildman–Crippen LogP) is 5.44. The summed E-state index contributed by atoms with van der Waals surface area (Å²) in [4.78, 5) is 11.5. The van der Waals surface area contributed by atoms with Crippen LogP contribution in [0, 0.1) is 0 Å². The van der Waals surface area contributed by atoms with Crippen LogP contribution in [0.15, 0.2) is 12.2 Å². The maximum atomic E-state index is 11.5. The van der Waals surface area contributed by atoms with Crippen molar-refractivity contribution < 1.29 is 4.79 Å². The van der Waals surface area contributed by atoms with E-state index in [0.717, 1.165) is 19.3 Å². The van der Waals surface area contributed by atoms with Gasteiger partial charge in [-0.1, -0.05) is 64.9 Å². The molecule has 0 spiro atoms. The lowest BCUT2D eigenvalue weighted by atomic mass is 10.1. The van der Waals surface area contributed by atoms with Gasteiger partial charge in [0, 0.05) is 6.42 Å². The monoisotopic (exact) mass is 238 g/mol. The SMILES string of the molecule is CCCCCC/C=C\C(=O)CCCCCCC. The number of carbonyl (C=O) groups is 1. The van der Waals surface area contributed by atoms with Crippen LogP contribution in [-0.2, 0) is 4.79 Å². The van der Waals surface area contributed by atoms with Crippen LogP contribution in [0.3, 0.4) is 0 Å². The summed E-state index contributed by atoms with van der Waals surface area (Å²) in [5.74, 6) is 0.317. The highest BCUT2D eigenvalue weighted by Gasteiger charge is 1.96. The van der Waals surface area contributed by atoms with Crippen LogP contribution in [0.1, 0.15) is 84.5 Å². The van der Waals surface area contributed by atoms with Gasteiger partial charge < -0.3 is 0 Å². The molecule has 0 amide bonds. The average Bonchev–Trinajstić information content (AvgIpc) is 2.33. The van der Waals surface area contributed by atoms with Gasteiger partial charge in [-0.3, -0.25) is 4.79 Å². The van der Waals surface area contributed by atoms with E-state index in [1.807, 2.05) is 0 Å². The van der Waals surface area contributed by atoms with Crippen molar-refractivity contribution in [2.75, 3.05) is 0 Å². The molecule has 0 rings (SSSR count). The third-order valence-corrected chi connectivity index (χ3v) is 3.05. The van der Waals surface area contributed by atoms with Crippen molar-refractivity contribution in [3.05, 3.63) is 12.2 Å². The first kappa shape index (κ1) is 16.4. The smallest absolute Gasteiger partial charge is 0.155 e. The fourth-order valence-corrected chi connectivity index (χ4v) is 1.89. The fourth-order valence-electron chi connectivity index (χ4n) is 1.89. The molecular formula is C16H30O. The lowest BCUT2D eigenvalue weighted by Gasteiger charge is -1.97. The van der Waals surface area contributed by atoms with Gasteiger partial charge in [-0.25, -0.2) is 0 Å². The Morgan fingerprint density at radius 3 is 2.06 bits per heavy atom. The topological polar surface area (TPSA) is 17.1 Å². The number of ketones is 1. The van der Waals surface area contributed by atoms with Crippen molar-refractivity contribution in [1.29, 1.82) is 0 Å². The molecular weight excluding hydrogens is 208 g/mol. The number of rotatable bonds is 12. The highest BCUT2D eigenvalue weighted by Crippen LogP contribution is 2.06. The molecule has 0 atom stereocenters. The Labute approximate surface area is 108 Å². The Kier molecular flexibility index (Phi) is 13.0. The number of hydrogen-bond donors (Lipinski definition) is 0. The van der Waals surface area contributed by atoms with Crippen LogP contribution in [-0.4, -0.2) is 5.78 Å². The summed E-state index contributed by atoms with van der Waals surface area (Å²) < 4.78 is 0. The highest BCUT2D eigenvalue weighted by atomic mass is 16.1. The molecule has 0 aliphatic heterocycles. The molecule has 0 saturated carbocycles. The molecule has 0 N–H and O–H groups in total. The third kappa shape index (κ3) is 13.3. The van der Waals surface area contributed by atoms with E-state index in [4.69, 9.17) is 0 Å². The van der Waals surface area contributed by atoms with Crippen LogP contribution in [0.4, 0.5) is 0 Å². The molecule has 0 aliphatic rings. The van der Waals surface area contributed by atoms with Gasteiger partial charge in [0.25, 0.3) is 0 Å². The van der Waals surface area contributed by atoms with Crippen molar-refractivity contribution in [2.24, 2.45) is 0 Å². The Bertz CT molecular complexity index is 194. The van der Waals surface area contributed by atoms with E-state index in [2.05, 4.69) is 19.9 Å². The van der Waals surface area contributed by atoms with Crippen LogP contribution in [0.5, 0.6) is 0 Å². The maximum Gasteiger partial charge on any atom is 0.155 e. The Hall–Kier alpha value is -0.590. The second-order valence-electron chi connectivity index (χ2n) is 4.88. The first-order valence-electron chi connectivity index (χ1n) is 7.50. The molecule has 0 bridgehead atoms. The summed E-state index contributed by atoms with van der Waals surface area (Å²) in [5, 5.41) is 0. The highest BCUT2D eigenvalue weighted by molar-refractivity contribution is 5.89. The Morgan fingerprint density at radius 1 is 0.824 bits per heavy atom. The van der Waals surface area contributed by atoms with Gasteiger partial charge >= 0.3 is 0 Å². The molecule has 0 heterocycles. The van der Waals surface area contributed by atoms with E-state index in [0.29, 0.717) is 5.78 Å². The standard InChI is InChI=1S/C16H30O/c1-3-5-7-9-11-13-15-16(17)14-12-10-8-6-4-2/h13,15H,3-12,14H2,1-2H3/b15-13-. The average molecular weight is 238 g/mol. The first-order chi connectivity index (χ1) is 8.31. The first-order valence-corrected chi connectivity index (χ1v) is 7.50. The van der Waals surface area contributed by atoms with Crippen molar-refractivity contribution in [3.8, 4) is 0 Å². The lowest BCUT2D eigenvalue weighted by Crippen LogP contribution is -1.92. The van der Waals surface area contributed by atoms with Crippen LogP contribution < -0.4 is 0 Å². The summed E-state index contributed by atoms with van der Waals surface area (Å²) in [6, 6.07) is 0. The molecule has 0 unspecified atom stereocenters. The summed E-state index contributed by atoms with van der Waals surface area (Å²) in [6.07, 6.45) is 16.9. The van der Waals surface area contributed by atoms with E-state index in [-0.39, 0.29) is 0 Å². The number of unbranched alkanes of at least 4 members (excludes halogenated alkanes) is 8. The van der Waals surface area contributed by atoms with Crippen LogP contribution in [0.2, 0.25) is 0 Å². The van der Waals surface area contributed by atoms with Crippen molar-refractivity contribution in [2.45, 2.75) is 84.5 Å². The molecule has 0 aromatic heterocycles. The predicted molar refractivity (Wildman–Crippen MR) is 76.3 cm³/mol. The second-order valence-corrected chi connectivity index (χ2v) is 4.88. The van der Waals surface area contributed by atoms with Gasteiger partial charge in [-0.05, 0) is 25.3 Å². The Morgan fingerprint density at radius 2 is 1.41 bits per heavy atom. The molecule has 0 saturated heterocycles. The minimum atomic E-state index is 0.317. The summed E-state index contributed by atoms with van der Waals surface area (Å²) >= 11 is 0. The fraction of sp³-hybridized carbons (Fsp3) is 0.812. The van der Waals surface area contributed by atoms with Crippen LogP contribution >= 0.6 is 0 Å². The van der Waals surface area contributed by atoms with Gasteiger partial charge in [0.1, 0.15) is 0 Å². The molecule has 100 valence electrons. The van der Waals surface area contributed by atoms with Crippen molar-refractivity contribution >= 4 is 5.78 Å². The minimum Gasteiger partial charge on any atom is -0.295 e. The van der Waals surface area contributed by atoms with Gasteiger partial charge in [0.2, 0.25) is 0 Å².